The second kappa shape index (κ2) is 7.65. The van der Waals surface area contributed by atoms with Crippen molar-refractivity contribution in [2.24, 2.45) is 5.92 Å². The minimum Gasteiger partial charge on any atom is -0.484 e. The number of carbonyl (C=O) groups is 1. The van der Waals surface area contributed by atoms with Crippen LogP contribution in [0.3, 0.4) is 0 Å². The molecule has 0 N–H and O–H groups in total. The quantitative estimate of drug-likeness (QED) is 0.647. The highest BCUT2D eigenvalue weighted by molar-refractivity contribution is 5.79. The van der Waals surface area contributed by atoms with Crippen LogP contribution in [0.4, 0.5) is 0 Å². The van der Waals surface area contributed by atoms with Crippen LogP contribution < -0.4 is 10.4 Å². The van der Waals surface area contributed by atoms with E-state index < -0.39 is 5.63 Å². The molecule has 0 radical (unpaired) electrons. The van der Waals surface area contributed by atoms with Gasteiger partial charge in [-0.1, -0.05) is 0 Å². The number of hydrogen-bond donors (Lipinski definition) is 0. The maximum Gasteiger partial charge on any atom is 0.336 e. The summed E-state index contributed by atoms with van der Waals surface area (Å²) < 4.78 is 12.8. The van der Waals surface area contributed by atoms with Crippen molar-refractivity contribution in [2.45, 2.75) is 19.4 Å². The third kappa shape index (κ3) is 4.19. The number of fused-ring (bicyclic) bond motifs is 1. The molecule has 1 amide bonds. The summed E-state index contributed by atoms with van der Waals surface area (Å²) in [5.74, 6) is 0.906. The molecule has 0 saturated carbocycles. The molecule has 27 heavy (non-hydrogen) atoms. The Labute approximate surface area is 156 Å². The Bertz CT molecular complexity index is 980. The number of likely N-dealkylation sites (tertiary alicyclic amines) is 1. The first kappa shape index (κ1) is 17.3. The standard InChI is InChI=1S/C20H21N3O4/c24-19(23-8-1-2-15(12-23)11-22-9-7-21-14-22)13-26-17-5-3-16-4-6-20(25)27-18(16)10-17/h3-7,9-10,14-15H,1-2,8,11-13H2. The van der Waals surface area contributed by atoms with E-state index in [9.17, 15) is 9.59 Å². The van der Waals surface area contributed by atoms with Crippen LogP contribution in [0, 0.1) is 5.92 Å². The average molecular weight is 367 g/mol. The third-order valence-electron chi connectivity index (χ3n) is 4.86. The molecule has 4 rings (SSSR count). The van der Waals surface area contributed by atoms with E-state index in [0.29, 0.717) is 17.3 Å². The van der Waals surface area contributed by atoms with Crippen molar-refractivity contribution in [3.63, 3.8) is 0 Å². The van der Waals surface area contributed by atoms with E-state index in [2.05, 4.69) is 9.55 Å². The van der Waals surface area contributed by atoms with Gasteiger partial charge in [0.15, 0.2) is 6.61 Å². The first-order valence-electron chi connectivity index (χ1n) is 9.07. The van der Waals surface area contributed by atoms with Gasteiger partial charge in [0.25, 0.3) is 5.91 Å². The monoisotopic (exact) mass is 367 g/mol. The van der Waals surface area contributed by atoms with Crippen LogP contribution in [0.25, 0.3) is 11.0 Å². The highest BCUT2D eigenvalue weighted by Crippen LogP contribution is 2.21. The molecule has 3 heterocycles. The highest BCUT2D eigenvalue weighted by Gasteiger charge is 2.24. The molecule has 0 aliphatic carbocycles. The zero-order chi connectivity index (χ0) is 18.6. The van der Waals surface area contributed by atoms with Gasteiger partial charge >= 0.3 is 5.63 Å². The molecule has 1 fully saturated rings. The molecule has 7 nitrogen and oxygen atoms in total. The Kier molecular flexibility index (Phi) is 4.91. The zero-order valence-electron chi connectivity index (χ0n) is 14.9. The molecule has 1 aliphatic heterocycles. The number of carbonyl (C=O) groups excluding carboxylic acids is 1. The smallest absolute Gasteiger partial charge is 0.336 e. The predicted octanol–water partition coefficient (Wildman–Crippen LogP) is 2.31. The van der Waals surface area contributed by atoms with Crippen molar-refractivity contribution < 1.29 is 13.9 Å². The van der Waals surface area contributed by atoms with Crippen molar-refractivity contribution in [1.82, 2.24) is 14.5 Å². The number of ether oxygens (including phenoxy) is 1. The van der Waals surface area contributed by atoms with Crippen LogP contribution in [-0.2, 0) is 11.3 Å². The van der Waals surface area contributed by atoms with Crippen LogP contribution in [-0.4, -0.2) is 40.1 Å². The van der Waals surface area contributed by atoms with Gasteiger partial charge in [0, 0.05) is 49.5 Å². The fourth-order valence-corrected chi connectivity index (χ4v) is 3.50. The molecule has 1 unspecified atom stereocenters. The number of rotatable bonds is 5. The van der Waals surface area contributed by atoms with Gasteiger partial charge in [0.2, 0.25) is 0 Å². The lowest BCUT2D eigenvalue weighted by atomic mass is 9.98. The number of imidazole rings is 1. The van der Waals surface area contributed by atoms with Gasteiger partial charge in [0.1, 0.15) is 11.3 Å². The summed E-state index contributed by atoms with van der Waals surface area (Å²) in [6, 6.07) is 8.29. The van der Waals surface area contributed by atoms with E-state index in [1.807, 2.05) is 17.4 Å². The lowest BCUT2D eigenvalue weighted by molar-refractivity contribution is -0.135. The second-order valence-corrected chi connectivity index (χ2v) is 6.85. The Hall–Kier alpha value is -3.09. The lowest BCUT2D eigenvalue weighted by Gasteiger charge is -2.32. The van der Waals surface area contributed by atoms with Crippen LogP contribution in [0.2, 0.25) is 0 Å². The molecular weight excluding hydrogens is 346 g/mol. The summed E-state index contributed by atoms with van der Waals surface area (Å²) in [6.45, 7) is 2.33. The Morgan fingerprint density at radius 1 is 1.30 bits per heavy atom. The molecule has 0 bridgehead atoms. The summed E-state index contributed by atoms with van der Waals surface area (Å²) >= 11 is 0. The van der Waals surface area contributed by atoms with E-state index >= 15 is 0 Å². The summed E-state index contributed by atoms with van der Waals surface area (Å²) in [5.41, 5.74) is 0.0406. The Morgan fingerprint density at radius 2 is 2.19 bits per heavy atom. The topological polar surface area (TPSA) is 77.6 Å². The van der Waals surface area contributed by atoms with Crippen molar-refractivity contribution in [2.75, 3.05) is 19.7 Å². The normalized spacial score (nSPS) is 17.2. The van der Waals surface area contributed by atoms with Crippen molar-refractivity contribution in [3.05, 3.63) is 59.5 Å². The van der Waals surface area contributed by atoms with Gasteiger partial charge in [-0.05, 0) is 37.0 Å². The number of nitrogens with zero attached hydrogens (tertiary/aromatic N) is 3. The third-order valence-corrected chi connectivity index (χ3v) is 4.86. The largest absolute Gasteiger partial charge is 0.484 e. The van der Waals surface area contributed by atoms with Gasteiger partial charge in [-0.2, -0.15) is 0 Å². The number of piperidine rings is 1. The molecule has 1 saturated heterocycles. The Morgan fingerprint density at radius 3 is 3.04 bits per heavy atom. The van der Waals surface area contributed by atoms with Crippen LogP contribution in [0.15, 0.2) is 58.3 Å². The summed E-state index contributed by atoms with van der Waals surface area (Å²) in [6.07, 6.45) is 7.62. The van der Waals surface area contributed by atoms with Crippen molar-refractivity contribution in [3.8, 4) is 5.75 Å². The fourth-order valence-electron chi connectivity index (χ4n) is 3.50. The van der Waals surface area contributed by atoms with Gasteiger partial charge in [-0.25, -0.2) is 9.78 Å². The van der Waals surface area contributed by atoms with Gasteiger partial charge in [0.05, 0.1) is 6.33 Å². The molecule has 1 aromatic carbocycles. The van der Waals surface area contributed by atoms with Crippen LogP contribution in [0.5, 0.6) is 5.75 Å². The molecule has 3 aromatic rings. The minimum atomic E-state index is -0.409. The molecule has 2 aromatic heterocycles. The van der Waals surface area contributed by atoms with E-state index in [4.69, 9.17) is 9.15 Å². The summed E-state index contributed by atoms with van der Waals surface area (Å²) in [5, 5.41) is 0.812. The van der Waals surface area contributed by atoms with Crippen LogP contribution in [0.1, 0.15) is 12.8 Å². The predicted molar refractivity (Wildman–Crippen MR) is 99.5 cm³/mol. The van der Waals surface area contributed by atoms with E-state index in [1.54, 1.807) is 30.5 Å². The van der Waals surface area contributed by atoms with Gasteiger partial charge in [-0.15, -0.1) is 0 Å². The number of hydrogen-bond acceptors (Lipinski definition) is 5. The van der Waals surface area contributed by atoms with E-state index in [1.165, 1.54) is 6.07 Å². The number of amides is 1. The lowest BCUT2D eigenvalue weighted by Crippen LogP contribution is -2.43. The first-order chi connectivity index (χ1) is 13.2. The first-order valence-corrected chi connectivity index (χ1v) is 9.07. The summed E-state index contributed by atoms with van der Waals surface area (Å²) in [4.78, 5) is 29.8. The van der Waals surface area contributed by atoms with Crippen molar-refractivity contribution in [1.29, 1.82) is 0 Å². The number of aromatic nitrogens is 2. The fraction of sp³-hybridized carbons (Fsp3) is 0.350. The van der Waals surface area contributed by atoms with Crippen LogP contribution >= 0.6 is 0 Å². The maximum atomic E-state index is 12.5. The molecule has 140 valence electrons. The molecular formula is C20H21N3O4. The maximum absolute atomic E-state index is 12.5. The molecule has 7 heteroatoms. The van der Waals surface area contributed by atoms with E-state index in [0.717, 1.165) is 37.9 Å². The number of benzene rings is 1. The molecule has 1 atom stereocenters. The minimum absolute atomic E-state index is 0.0274. The average Bonchev–Trinajstić information content (AvgIpc) is 3.19. The van der Waals surface area contributed by atoms with Crippen molar-refractivity contribution >= 4 is 16.9 Å². The summed E-state index contributed by atoms with van der Waals surface area (Å²) in [7, 11) is 0. The highest BCUT2D eigenvalue weighted by atomic mass is 16.5. The SMILES string of the molecule is O=C(COc1ccc2ccc(=O)oc2c1)N1CCCC(Cn2ccnc2)C1. The molecule has 0 spiro atoms. The second-order valence-electron chi connectivity index (χ2n) is 6.85. The molecule has 1 aliphatic rings. The zero-order valence-corrected chi connectivity index (χ0v) is 14.9. The van der Waals surface area contributed by atoms with Gasteiger partial charge in [-0.3, -0.25) is 4.79 Å². The van der Waals surface area contributed by atoms with E-state index in [-0.39, 0.29) is 12.5 Å². The van der Waals surface area contributed by atoms with Gasteiger partial charge < -0.3 is 18.6 Å². The Balaban J connectivity index is 1.35.